The number of fused-ring (bicyclic) bond motifs is 1. The maximum absolute atomic E-state index is 12.8. The Morgan fingerprint density at radius 1 is 1.03 bits per heavy atom. The van der Waals surface area contributed by atoms with Gasteiger partial charge in [0, 0.05) is 29.4 Å². The molecule has 2 aromatic heterocycles. The number of carbonyl (C=O) groups is 1. The fourth-order valence-electron chi connectivity index (χ4n) is 3.62. The maximum atomic E-state index is 12.8. The molecular weight excluding hydrogens is 464 g/mol. The summed E-state index contributed by atoms with van der Waals surface area (Å²) in [6.07, 6.45) is 1.68. The molecule has 35 heavy (non-hydrogen) atoms. The summed E-state index contributed by atoms with van der Waals surface area (Å²) in [6, 6.07) is 16.1. The van der Waals surface area contributed by atoms with Crippen molar-refractivity contribution in [2.45, 2.75) is 45.1 Å². The minimum atomic E-state index is -3.68. The van der Waals surface area contributed by atoms with Crippen molar-refractivity contribution in [2.75, 3.05) is 10.6 Å². The van der Waals surface area contributed by atoms with Crippen LogP contribution in [0.15, 0.2) is 65.7 Å². The lowest BCUT2D eigenvalue weighted by Gasteiger charge is -2.20. The topological polar surface area (TPSA) is 117 Å². The summed E-state index contributed by atoms with van der Waals surface area (Å²) >= 11 is 0. The zero-order valence-electron chi connectivity index (χ0n) is 20.2. The zero-order chi connectivity index (χ0) is 25.4. The van der Waals surface area contributed by atoms with E-state index in [-0.39, 0.29) is 10.8 Å². The first-order chi connectivity index (χ1) is 16.4. The molecule has 0 aliphatic heterocycles. The number of benzene rings is 2. The highest BCUT2D eigenvalue weighted by atomic mass is 32.2. The lowest BCUT2D eigenvalue weighted by atomic mass is 10.1. The lowest BCUT2D eigenvalue weighted by molar-refractivity contribution is -0.114. The summed E-state index contributed by atoms with van der Waals surface area (Å²) in [5, 5.41) is 10.6. The van der Waals surface area contributed by atoms with Crippen LogP contribution in [0.1, 0.15) is 33.3 Å². The number of hydrogen-bond donors (Lipinski definition) is 3. The Morgan fingerprint density at radius 3 is 2.51 bits per heavy atom. The summed E-state index contributed by atoms with van der Waals surface area (Å²) in [4.78, 5) is 16.0. The molecule has 2 aromatic carbocycles. The average Bonchev–Trinajstić information content (AvgIpc) is 3.17. The van der Waals surface area contributed by atoms with E-state index in [0.29, 0.717) is 22.9 Å². The number of hydrogen-bond acceptors (Lipinski definition) is 6. The molecule has 0 saturated heterocycles. The number of nitrogens with zero attached hydrogens (tertiary/aromatic N) is 3. The van der Waals surface area contributed by atoms with Gasteiger partial charge in [-0.15, -0.1) is 5.10 Å². The summed E-state index contributed by atoms with van der Waals surface area (Å²) in [7, 11) is -3.68. The molecule has 0 radical (unpaired) electrons. The molecule has 2 heterocycles. The molecule has 0 atom stereocenters. The molecule has 3 N–H and O–H groups in total. The third kappa shape index (κ3) is 5.67. The van der Waals surface area contributed by atoms with Gasteiger partial charge in [-0.25, -0.2) is 22.6 Å². The van der Waals surface area contributed by atoms with Gasteiger partial charge in [0.25, 0.3) is 0 Å². The number of anilines is 3. The quantitative estimate of drug-likeness (QED) is 0.365. The van der Waals surface area contributed by atoms with Crippen molar-refractivity contribution in [3.8, 4) is 11.3 Å². The third-order valence-electron chi connectivity index (χ3n) is 5.08. The first-order valence-electron chi connectivity index (χ1n) is 11.1. The van der Waals surface area contributed by atoms with Gasteiger partial charge < -0.3 is 10.6 Å². The Labute approximate surface area is 204 Å². The predicted octanol–water partition coefficient (Wildman–Crippen LogP) is 4.48. The number of carbonyl (C=O) groups excluding carboxylic acids is 1. The summed E-state index contributed by atoms with van der Waals surface area (Å²) in [5.41, 5.74) is 3.94. The van der Waals surface area contributed by atoms with Gasteiger partial charge in [-0.3, -0.25) is 4.79 Å². The highest BCUT2D eigenvalue weighted by Gasteiger charge is 2.22. The fourth-order valence-corrected chi connectivity index (χ4v) is 5.08. The Kier molecular flexibility index (Phi) is 6.35. The van der Waals surface area contributed by atoms with E-state index in [2.05, 4.69) is 25.4 Å². The third-order valence-corrected chi connectivity index (χ3v) is 6.84. The summed E-state index contributed by atoms with van der Waals surface area (Å²) in [5.74, 6) is 0.201. The Morgan fingerprint density at radius 2 is 1.80 bits per heavy atom. The van der Waals surface area contributed by atoms with Crippen molar-refractivity contribution < 1.29 is 13.2 Å². The Balaban J connectivity index is 1.68. The SMILES string of the molecule is CC(=O)Nc1cc(Nc2ncc3ccc(-c4cccc(S(=O)(=O)NC(C)(C)C)c4)n3n2)ccc1C. The molecule has 9 nitrogen and oxygen atoms in total. The highest BCUT2D eigenvalue weighted by Crippen LogP contribution is 2.26. The van der Waals surface area contributed by atoms with Crippen LogP contribution in [0.5, 0.6) is 0 Å². The van der Waals surface area contributed by atoms with Crippen molar-refractivity contribution in [3.05, 3.63) is 66.4 Å². The van der Waals surface area contributed by atoms with E-state index in [1.807, 2.05) is 43.3 Å². The Bertz CT molecular complexity index is 1520. The molecule has 1 amide bonds. The van der Waals surface area contributed by atoms with E-state index in [1.54, 1.807) is 49.7 Å². The number of sulfonamides is 1. The van der Waals surface area contributed by atoms with E-state index in [1.165, 1.54) is 6.92 Å². The van der Waals surface area contributed by atoms with E-state index >= 15 is 0 Å². The van der Waals surface area contributed by atoms with Crippen molar-refractivity contribution in [2.24, 2.45) is 0 Å². The van der Waals surface area contributed by atoms with Crippen LogP contribution >= 0.6 is 0 Å². The second-order valence-electron chi connectivity index (χ2n) is 9.36. The molecule has 0 spiro atoms. The van der Waals surface area contributed by atoms with Crippen LogP contribution in [0.4, 0.5) is 17.3 Å². The molecule has 0 unspecified atom stereocenters. The second-order valence-corrected chi connectivity index (χ2v) is 11.0. The van der Waals surface area contributed by atoms with Gasteiger partial charge >= 0.3 is 0 Å². The van der Waals surface area contributed by atoms with Crippen LogP contribution in [0.2, 0.25) is 0 Å². The van der Waals surface area contributed by atoms with E-state index < -0.39 is 15.6 Å². The van der Waals surface area contributed by atoms with Gasteiger partial charge in [0.15, 0.2) is 0 Å². The molecule has 0 saturated carbocycles. The average molecular weight is 493 g/mol. The van der Waals surface area contributed by atoms with Gasteiger partial charge in [0.05, 0.1) is 22.3 Å². The second kappa shape index (κ2) is 9.12. The number of nitrogens with one attached hydrogen (secondary N) is 3. The monoisotopic (exact) mass is 492 g/mol. The first kappa shape index (κ1) is 24.4. The zero-order valence-corrected chi connectivity index (χ0v) is 21.1. The number of rotatable bonds is 6. The van der Waals surface area contributed by atoms with Crippen LogP contribution in [0.3, 0.4) is 0 Å². The first-order valence-corrected chi connectivity index (χ1v) is 12.5. The van der Waals surface area contributed by atoms with Gasteiger partial charge in [-0.2, -0.15) is 0 Å². The van der Waals surface area contributed by atoms with Gasteiger partial charge in [0.2, 0.25) is 21.9 Å². The van der Waals surface area contributed by atoms with E-state index in [9.17, 15) is 13.2 Å². The maximum Gasteiger partial charge on any atom is 0.245 e. The summed E-state index contributed by atoms with van der Waals surface area (Å²) < 4.78 is 30.0. The fraction of sp³-hybridized carbons (Fsp3) is 0.240. The van der Waals surface area contributed by atoms with E-state index in [0.717, 1.165) is 16.8 Å². The molecule has 0 aliphatic carbocycles. The minimum absolute atomic E-state index is 0.151. The predicted molar refractivity (Wildman–Crippen MR) is 137 cm³/mol. The van der Waals surface area contributed by atoms with Crippen LogP contribution in [0.25, 0.3) is 16.8 Å². The van der Waals surface area contributed by atoms with Crippen LogP contribution < -0.4 is 15.4 Å². The highest BCUT2D eigenvalue weighted by molar-refractivity contribution is 7.89. The van der Waals surface area contributed by atoms with Crippen LogP contribution in [-0.4, -0.2) is 34.5 Å². The van der Waals surface area contributed by atoms with Crippen molar-refractivity contribution in [1.82, 2.24) is 19.3 Å². The molecule has 0 aliphatic rings. The standard InChI is InChI=1S/C25H28N6O3S/c1-16-9-10-19(14-22(16)27-17(2)32)28-24-26-15-20-11-12-23(31(20)29-24)18-7-6-8-21(13-18)35(33,34)30-25(3,4)5/h6-15,30H,1-5H3,(H,27,32)(H,28,29). The number of aryl methyl sites for hydroxylation is 1. The van der Waals surface area contributed by atoms with Gasteiger partial charge in [-0.05, 0) is 69.7 Å². The number of aromatic nitrogens is 3. The minimum Gasteiger partial charge on any atom is -0.326 e. The largest absolute Gasteiger partial charge is 0.326 e. The molecular formula is C25H28N6O3S. The smallest absolute Gasteiger partial charge is 0.245 e. The molecule has 4 aromatic rings. The normalized spacial score (nSPS) is 12.0. The van der Waals surface area contributed by atoms with Crippen LogP contribution in [-0.2, 0) is 14.8 Å². The summed E-state index contributed by atoms with van der Waals surface area (Å²) in [6.45, 7) is 8.77. The molecule has 0 fully saturated rings. The van der Waals surface area contributed by atoms with Crippen molar-refractivity contribution >= 4 is 38.8 Å². The van der Waals surface area contributed by atoms with Crippen LogP contribution in [0, 0.1) is 6.92 Å². The molecule has 0 bridgehead atoms. The van der Waals surface area contributed by atoms with Gasteiger partial charge in [0.1, 0.15) is 0 Å². The van der Waals surface area contributed by atoms with Gasteiger partial charge in [-0.1, -0.05) is 18.2 Å². The van der Waals surface area contributed by atoms with Crippen molar-refractivity contribution in [3.63, 3.8) is 0 Å². The van der Waals surface area contributed by atoms with E-state index in [4.69, 9.17) is 0 Å². The lowest BCUT2D eigenvalue weighted by Crippen LogP contribution is -2.40. The van der Waals surface area contributed by atoms with Crippen molar-refractivity contribution in [1.29, 1.82) is 0 Å². The molecule has 4 rings (SSSR count). The number of amides is 1. The molecule has 182 valence electrons. The molecule has 10 heteroatoms. The Hall–Kier alpha value is -3.76.